The lowest BCUT2D eigenvalue weighted by atomic mass is 10.2. The number of H-pyrrole nitrogens is 2. The van der Waals surface area contributed by atoms with E-state index in [0.29, 0.717) is 39.2 Å². The number of benzene rings is 1. The van der Waals surface area contributed by atoms with E-state index in [-0.39, 0.29) is 5.56 Å². The first kappa shape index (κ1) is 15.6. The number of hydrogen-bond acceptors (Lipinski definition) is 6. The highest BCUT2D eigenvalue weighted by atomic mass is 32.2. The number of nitrogens with one attached hydrogen (secondary N) is 2. The van der Waals surface area contributed by atoms with Crippen molar-refractivity contribution in [2.75, 3.05) is 7.11 Å². The van der Waals surface area contributed by atoms with E-state index in [1.807, 2.05) is 31.2 Å². The van der Waals surface area contributed by atoms with Crippen LogP contribution >= 0.6 is 11.8 Å². The summed E-state index contributed by atoms with van der Waals surface area (Å²) >= 11 is 1.45. The SMILES string of the molecule is COc1ccc2[nH]c(SCc3nc4ccc(C)cc4c(=O)[nH]3)nc2n1. The molecule has 0 aliphatic rings. The Kier molecular flexibility index (Phi) is 3.89. The Morgan fingerprint density at radius 3 is 2.84 bits per heavy atom. The molecule has 0 bridgehead atoms. The molecular weight excluding hydrogens is 338 g/mol. The second-order valence-electron chi connectivity index (χ2n) is 5.59. The third-order valence-corrected chi connectivity index (χ3v) is 4.65. The number of nitrogens with zero attached hydrogens (tertiary/aromatic N) is 3. The van der Waals surface area contributed by atoms with Crippen LogP contribution < -0.4 is 10.3 Å². The molecule has 4 rings (SSSR count). The van der Waals surface area contributed by atoms with Crippen LogP contribution in [0.2, 0.25) is 0 Å². The Balaban J connectivity index is 1.59. The molecular formula is C17H15N5O2S. The summed E-state index contributed by atoms with van der Waals surface area (Å²) in [4.78, 5) is 31.5. The van der Waals surface area contributed by atoms with Crippen molar-refractivity contribution in [2.45, 2.75) is 17.8 Å². The summed E-state index contributed by atoms with van der Waals surface area (Å²) in [6, 6.07) is 9.31. The molecule has 0 aliphatic carbocycles. The molecule has 0 radical (unpaired) electrons. The number of imidazole rings is 1. The number of pyridine rings is 1. The molecule has 0 atom stereocenters. The van der Waals surface area contributed by atoms with Crippen LogP contribution in [-0.4, -0.2) is 32.0 Å². The Bertz CT molecular complexity index is 1130. The standard InChI is InChI=1S/C17H15N5O2S/c1-9-3-4-11-10(7-9)16(23)20-13(18-11)8-25-17-19-12-5-6-14(24-2)21-15(12)22-17/h3-7H,8H2,1-2H3,(H,18,20,23)(H,19,21,22). The van der Waals surface area contributed by atoms with Crippen LogP contribution in [-0.2, 0) is 5.75 Å². The number of thioether (sulfide) groups is 1. The maximum Gasteiger partial charge on any atom is 0.258 e. The fraction of sp³-hybridized carbons (Fsp3) is 0.176. The maximum atomic E-state index is 12.2. The minimum atomic E-state index is -0.125. The fourth-order valence-corrected chi connectivity index (χ4v) is 3.28. The van der Waals surface area contributed by atoms with E-state index in [1.54, 1.807) is 13.2 Å². The van der Waals surface area contributed by atoms with Gasteiger partial charge in [0, 0.05) is 6.07 Å². The molecule has 0 unspecified atom stereocenters. The third kappa shape index (κ3) is 3.08. The number of fused-ring (bicyclic) bond motifs is 2. The number of aromatic amines is 2. The number of hydrogen-bond donors (Lipinski definition) is 2. The molecule has 4 aromatic rings. The van der Waals surface area contributed by atoms with Crippen LogP contribution in [0.5, 0.6) is 5.88 Å². The first-order valence-electron chi connectivity index (χ1n) is 7.65. The highest BCUT2D eigenvalue weighted by molar-refractivity contribution is 7.98. The first-order valence-corrected chi connectivity index (χ1v) is 8.64. The molecule has 25 heavy (non-hydrogen) atoms. The van der Waals surface area contributed by atoms with Gasteiger partial charge in [-0.1, -0.05) is 23.4 Å². The zero-order valence-electron chi connectivity index (χ0n) is 13.7. The van der Waals surface area contributed by atoms with Gasteiger partial charge in [0.15, 0.2) is 10.8 Å². The van der Waals surface area contributed by atoms with Gasteiger partial charge in [0.25, 0.3) is 5.56 Å². The van der Waals surface area contributed by atoms with Gasteiger partial charge < -0.3 is 14.7 Å². The zero-order valence-corrected chi connectivity index (χ0v) is 14.5. The van der Waals surface area contributed by atoms with Gasteiger partial charge in [-0.2, -0.15) is 4.98 Å². The second kappa shape index (κ2) is 6.21. The van der Waals surface area contributed by atoms with Crippen molar-refractivity contribution in [3.63, 3.8) is 0 Å². The topological polar surface area (TPSA) is 96.5 Å². The van der Waals surface area contributed by atoms with Gasteiger partial charge in [-0.15, -0.1) is 0 Å². The van der Waals surface area contributed by atoms with Crippen molar-refractivity contribution in [3.05, 3.63) is 52.1 Å². The summed E-state index contributed by atoms with van der Waals surface area (Å²) in [5.41, 5.74) is 3.03. The molecule has 0 amide bonds. The Labute approximate surface area is 146 Å². The van der Waals surface area contributed by atoms with E-state index in [1.165, 1.54) is 11.8 Å². The highest BCUT2D eigenvalue weighted by Gasteiger charge is 2.09. The summed E-state index contributed by atoms with van der Waals surface area (Å²) in [6.07, 6.45) is 0. The quantitative estimate of drug-likeness (QED) is 0.548. The van der Waals surface area contributed by atoms with E-state index in [4.69, 9.17) is 4.74 Å². The van der Waals surface area contributed by atoms with Gasteiger partial charge in [0.2, 0.25) is 5.88 Å². The van der Waals surface area contributed by atoms with Crippen molar-refractivity contribution in [2.24, 2.45) is 0 Å². The van der Waals surface area contributed by atoms with Crippen molar-refractivity contribution in [1.29, 1.82) is 0 Å². The maximum absolute atomic E-state index is 12.2. The monoisotopic (exact) mass is 353 g/mol. The van der Waals surface area contributed by atoms with Crippen LogP contribution in [0.3, 0.4) is 0 Å². The normalized spacial score (nSPS) is 11.3. The van der Waals surface area contributed by atoms with Crippen molar-refractivity contribution in [1.82, 2.24) is 24.9 Å². The summed E-state index contributed by atoms with van der Waals surface area (Å²) in [7, 11) is 1.57. The summed E-state index contributed by atoms with van der Waals surface area (Å²) < 4.78 is 5.10. The smallest absolute Gasteiger partial charge is 0.258 e. The summed E-state index contributed by atoms with van der Waals surface area (Å²) in [5.74, 6) is 1.62. The number of aromatic nitrogens is 5. The van der Waals surface area contributed by atoms with Gasteiger partial charge in [0.1, 0.15) is 5.82 Å². The Morgan fingerprint density at radius 2 is 2.00 bits per heavy atom. The lowest BCUT2D eigenvalue weighted by Crippen LogP contribution is -2.11. The third-order valence-electron chi connectivity index (χ3n) is 3.76. The molecule has 0 saturated carbocycles. The molecule has 0 saturated heterocycles. The number of rotatable bonds is 4. The van der Waals surface area contributed by atoms with Crippen molar-refractivity contribution >= 4 is 33.8 Å². The molecule has 1 aromatic carbocycles. The molecule has 3 aromatic heterocycles. The average Bonchev–Trinajstić information content (AvgIpc) is 3.02. The zero-order chi connectivity index (χ0) is 17.4. The minimum Gasteiger partial charge on any atom is -0.481 e. The van der Waals surface area contributed by atoms with Crippen LogP contribution in [0, 0.1) is 6.92 Å². The molecule has 126 valence electrons. The van der Waals surface area contributed by atoms with Gasteiger partial charge >= 0.3 is 0 Å². The van der Waals surface area contributed by atoms with Gasteiger partial charge in [0.05, 0.1) is 29.3 Å². The Morgan fingerprint density at radius 1 is 1.12 bits per heavy atom. The molecule has 0 spiro atoms. The molecule has 7 nitrogen and oxygen atoms in total. The van der Waals surface area contributed by atoms with Gasteiger partial charge in [-0.3, -0.25) is 4.79 Å². The Hall–Kier alpha value is -2.87. The summed E-state index contributed by atoms with van der Waals surface area (Å²) in [6.45, 7) is 1.95. The van der Waals surface area contributed by atoms with E-state index in [9.17, 15) is 4.79 Å². The average molecular weight is 353 g/mol. The largest absolute Gasteiger partial charge is 0.481 e. The lowest BCUT2D eigenvalue weighted by Gasteiger charge is -2.02. The predicted molar refractivity (Wildman–Crippen MR) is 97.1 cm³/mol. The molecule has 0 aliphatic heterocycles. The van der Waals surface area contributed by atoms with E-state index in [2.05, 4.69) is 24.9 Å². The molecule has 0 fully saturated rings. The highest BCUT2D eigenvalue weighted by Crippen LogP contribution is 2.22. The fourth-order valence-electron chi connectivity index (χ4n) is 2.54. The van der Waals surface area contributed by atoms with Crippen LogP contribution in [0.15, 0.2) is 40.3 Å². The van der Waals surface area contributed by atoms with Gasteiger partial charge in [-0.05, 0) is 25.1 Å². The van der Waals surface area contributed by atoms with Crippen LogP contribution in [0.4, 0.5) is 0 Å². The number of methoxy groups -OCH3 is 1. The van der Waals surface area contributed by atoms with E-state index < -0.39 is 0 Å². The summed E-state index contributed by atoms with van der Waals surface area (Å²) in [5, 5.41) is 1.32. The van der Waals surface area contributed by atoms with Crippen LogP contribution in [0.1, 0.15) is 11.4 Å². The van der Waals surface area contributed by atoms with E-state index in [0.717, 1.165) is 11.1 Å². The van der Waals surface area contributed by atoms with Gasteiger partial charge in [-0.25, -0.2) is 9.97 Å². The van der Waals surface area contributed by atoms with Crippen molar-refractivity contribution in [3.8, 4) is 5.88 Å². The minimum absolute atomic E-state index is 0.125. The molecule has 3 heterocycles. The number of aryl methyl sites for hydroxylation is 1. The van der Waals surface area contributed by atoms with E-state index >= 15 is 0 Å². The van der Waals surface area contributed by atoms with Crippen LogP contribution in [0.25, 0.3) is 22.1 Å². The van der Waals surface area contributed by atoms with Crippen molar-refractivity contribution < 1.29 is 4.74 Å². The first-order chi connectivity index (χ1) is 12.1. The molecule has 2 N–H and O–H groups in total. The number of ether oxygens (including phenoxy) is 1. The lowest BCUT2D eigenvalue weighted by molar-refractivity contribution is 0.399. The predicted octanol–water partition coefficient (Wildman–Crippen LogP) is 2.80. The second-order valence-corrected chi connectivity index (χ2v) is 6.55. The molecule has 8 heteroatoms.